The third kappa shape index (κ3) is 4.08. The first kappa shape index (κ1) is 14.6. The number of carbonyl (C=O) groups is 1. The van der Waals surface area contributed by atoms with Crippen molar-refractivity contribution in [2.24, 2.45) is 0 Å². The number of halogens is 1. The minimum absolute atomic E-state index is 0.330. The van der Waals surface area contributed by atoms with Crippen LogP contribution in [0.4, 0.5) is 0 Å². The highest BCUT2D eigenvalue weighted by Crippen LogP contribution is 2.13. The quantitative estimate of drug-likeness (QED) is 0.622. The van der Waals surface area contributed by atoms with E-state index in [-0.39, 0.29) is 5.97 Å². The molecule has 4 heteroatoms. The monoisotopic (exact) mass is 289 g/mol. The van der Waals surface area contributed by atoms with Crippen molar-refractivity contribution in [1.82, 2.24) is 4.42 Å². The van der Waals surface area contributed by atoms with Crippen molar-refractivity contribution >= 4 is 17.7 Å². The Bertz CT molecular complexity index is 554. The van der Waals surface area contributed by atoms with Gasteiger partial charge in [-0.15, -0.1) is 0 Å². The highest BCUT2D eigenvalue weighted by molar-refractivity contribution is 6.13. The molecule has 20 heavy (non-hydrogen) atoms. The SMILES string of the molecule is COC(=O)c1ccc(CN(Cl)Cc2ccccc2)cc1. The number of benzene rings is 2. The number of carbonyl (C=O) groups excluding carboxylic acids is 1. The number of nitrogens with zero attached hydrogens (tertiary/aromatic N) is 1. The van der Waals surface area contributed by atoms with E-state index in [1.54, 1.807) is 16.6 Å². The molecule has 104 valence electrons. The van der Waals surface area contributed by atoms with E-state index in [4.69, 9.17) is 11.8 Å². The molecule has 0 heterocycles. The van der Waals surface area contributed by atoms with Gasteiger partial charge in [0.05, 0.1) is 12.7 Å². The third-order valence-electron chi connectivity index (χ3n) is 2.93. The number of ether oxygens (including phenoxy) is 1. The van der Waals surface area contributed by atoms with Gasteiger partial charge in [0.25, 0.3) is 0 Å². The maximum Gasteiger partial charge on any atom is 0.337 e. The summed E-state index contributed by atoms with van der Waals surface area (Å²) in [4.78, 5) is 11.3. The van der Waals surface area contributed by atoms with Crippen LogP contribution in [0.2, 0.25) is 0 Å². The Morgan fingerprint density at radius 1 is 1.00 bits per heavy atom. The molecule has 0 amide bonds. The maximum absolute atomic E-state index is 11.3. The van der Waals surface area contributed by atoms with Crippen LogP contribution in [0, 0.1) is 0 Å². The molecular formula is C16H16ClNO2. The molecule has 0 spiro atoms. The van der Waals surface area contributed by atoms with E-state index in [0.717, 1.165) is 11.1 Å². The lowest BCUT2D eigenvalue weighted by atomic mass is 10.1. The zero-order chi connectivity index (χ0) is 14.4. The van der Waals surface area contributed by atoms with Crippen molar-refractivity contribution in [3.8, 4) is 0 Å². The first-order valence-electron chi connectivity index (χ1n) is 6.31. The summed E-state index contributed by atoms with van der Waals surface area (Å²) < 4.78 is 6.37. The Balaban J connectivity index is 1.94. The fourth-order valence-corrected chi connectivity index (χ4v) is 2.18. The summed E-state index contributed by atoms with van der Waals surface area (Å²) in [6.07, 6.45) is 0. The van der Waals surface area contributed by atoms with E-state index in [0.29, 0.717) is 18.7 Å². The molecule has 0 aromatic heterocycles. The van der Waals surface area contributed by atoms with Gasteiger partial charge in [-0.3, -0.25) is 0 Å². The van der Waals surface area contributed by atoms with Crippen LogP contribution in [0.15, 0.2) is 54.6 Å². The van der Waals surface area contributed by atoms with Gasteiger partial charge >= 0.3 is 5.97 Å². The summed E-state index contributed by atoms with van der Waals surface area (Å²) in [5, 5.41) is 0. The predicted molar refractivity (Wildman–Crippen MR) is 79.3 cm³/mol. The minimum atomic E-state index is -0.330. The van der Waals surface area contributed by atoms with E-state index < -0.39 is 0 Å². The Labute approximate surface area is 123 Å². The maximum atomic E-state index is 11.3. The van der Waals surface area contributed by atoms with E-state index in [2.05, 4.69) is 4.74 Å². The molecule has 0 aliphatic carbocycles. The highest BCUT2D eigenvalue weighted by atomic mass is 35.5. The average Bonchev–Trinajstić information content (AvgIpc) is 2.48. The van der Waals surface area contributed by atoms with Crippen molar-refractivity contribution < 1.29 is 9.53 Å². The average molecular weight is 290 g/mol. The fraction of sp³-hybridized carbons (Fsp3) is 0.188. The van der Waals surface area contributed by atoms with Gasteiger partial charge in [-0.1, -0.05) is 42.5 Å². The summed E-state index contributed by atoms with van der Waals surface area (Å²) in [6.45, 7) is 1.28. The number of methoxy groups -OCH3 is 1. The van der Waals surface area contributed by atoms with Crippen molar-refractivity contribution in [2.45, 2.75) is 13.1 Å². The van der Waals surface area contributed by atoms with Gasteiger partial charge in [0, 0.05) is 13.1 Å². The van der Waals surface area contributed by atoms with Gasteiger partial charge < -0.3 is 4.74 Å². The van der Waals surface area contributed by atoms with Gasteiger partial charge in [-0.2, -0.15) is 0 Å². The number of esters is 1. The Hall–Kier alpha value is -1.84. The minimum Gasteiger partial charge on any atom is -0.465 e. The van der Waals surface area contributed by atoms with Crippen LogP contribution in [0.1, 0.15) is 21.5 Å². The number of hydrogen-bond acceptors (Lipinski definition) is 3. The fourth-order valence-electron chi connectivity index (χ4n) is 1.90. The largest absolute Gasteiger partial charge is 0.465 e. The molecular weight excluding hydrogens is 274 g/mol. The Morgan fingerprint density at radius 2 is 1.55 bits per heavy atom. The lowest BCUT2D eigenvalue weighted by Gasteiger charge is -2.14. The lowest BCUT2D eigenvalue weighted by Crippen LogP contribution is -2.11. The molecule has 0 fully saturated rings. The molecule has 0 aliphatic heterocycles. The molecule has 0 unspecified atom stereocenters. The van der Waals surface area contributed by atoms with Crippen LogP contribution < -0.4 is 0 Å². The van der Waals surface area contributed by atoms with Gasteiger partial charge in [0.2, 0.25) is 0 Å². The van der Waals surface area contributed by atoms with Crippen LogP contribution in [0.25, 0.3) is 0 Å². The highest BCUT2D eigenvalue weighted by Gasteiger charge is 2.07. The summed E-state index contributed by atoms with van der Waals surface area (Å²) in [6, 6.07) is 17.3. The predicted octanol–water partition coefficient (Wildman–Crippen LogP) is 3.63. The van der Waals surface area contributed by atoms with Gasteiger partial charge in [-0.25, -0.2) is 9.21 Å². The summed E-state index contributed by atoms with van der Waals surface area (Å²) in [5.74, 6) is -0.330. The second-order valence-corrected chi connectivity index (χ2v) is 4.93. The molecule has 0 saturated carbocycles. The molecule has 3 nitrogen and oxygen atoms in total. The summed E-state index contributed by atoms with van der Waals surface area (Å²) >= 11 is 6.22. The molecule has 0 N–H and O–H groups in total. The van der Waals surface area contributed by atoms with Crippen molar-refractivity contribution in [1.29, 1.82) is 0 Å². The normalized spacial score (nSPS) is 10.6. The molecule has 0 bridgehead atoms. The second-order valence-electron chi connectivity index (χ2n) is 4.45. The van der Waals surface area contributed by atoms with E-state index in [9.17, 15) is 4.79 Å². The van der Waals surface area contributed by atoms with Crippen molar-refractivity contribution in [3.05, 3.63) is 71.3 Å². The van der Waals surface area contributed by atoms with Crippen LogP contribution in [0.3, 0.4) is 0 Å². The third-order valence-corrected chi connectivity index (χ3v) is 3.17. The zero-order valence-corrected chi connectivity index (χ0v) is 12.0. The number of hydrogen-bond donors (Lipinski definition) is 0. The van der Waals surface area contributed by atoms with Crippen LogP contribution >= 0.6 is 11.8 Å². The molecule has 0 aliphatic rings. The summed E-state index contributed by atoms with van der Waals surface area (Å²) in [5.41, 5.74) is 2.75. The van der Waals surface area contributed by atoms with E-state index >= 15 is 0 Å². The second kappa shape index (κ2) is 7.08. The molecule has 0 atom stereocenters. The molecule has 0 saturated heterocycles. The molecule has 2 aromatic rings. The van der Waals surface area contributed by atoms with Crippen LogP contribution in [-0.2, 0) is 17.8 Å². The first-order chi connectivity index (χ1) is 9.69. The van der Waals surface area contributed by atoms with E-state index in [1.807, 2.05) is 42.5 Å². The lowest BCUT2D eigenvalue weighted by molar-refractivity contribution is 0.0600. The van der Waals surface area contributed by atoms with Crippen LogP contribution in [0.5, 0.6) is 0 Å². The smallest absolute Gasteiger partial charge is 0.337 e. The summed E-state index contributed by atoms with van der Waals surface area (Å²) in [7, 11) is 1.37. The Morgan fingerprint density at radius 3 is 2.10 bits per heavy atom. The van der Waals surface area contributed by atoms with E-state index in [1.165, 1.54) is 7.11 Å². The molecule has 2 aromatic carbocycles. The Kier molecular flexibility index (Phi) is 5.16. The van der Waals surface area contributed by atoms with Crippen molar-refractivity contribution in [3.63, 3.8) is 0 Å². The van der Waals surface area contributed by atoms with Gasteiger partial charge in [0.1, 0.15) is 0 Å². The van der Waals surface area contributed by atoms with Crippen LogP contribution in [-0.4, -0.2) is 17.5 Å². The molecule has 2 rings (SSSR count). The van der Waals surface area contributed by atoms with Crippen molar-refractivity contribution in [2.75, 3.05) is 7.11 Å². The van der Waals surface area contributed by atoms with Gasteiger partial charge in [-0.05, 0) is 35.0 Å². The standard InChI is InChI=1S/C16H16ClNO2/c1-20-16(19)15-9-7-14(8-10-15)12-18(17)11-13-5-3-2-4-6-13/h2-10H,11-12H2,1H3. The molecule has 0 radical (unpaired) electrons. The van der Waals surface area contributed by atoms with Gasteiger partial charge in [0.15, 0.2) is 0 Å². The number of rotatable bonds is 5. The topological polar surface area (TPSA) is 29.5 Å². The first-order valence-corrected chi connectivity index (χ1v) is 6.65. The zero-order valence-electron chi connectivity index (χ0n) is 11.3.